The van der Waals surface area contributed by atoms with Crippen molar-refractivity contribution in [2.45, 2.75) is 32.2 Å². The van der Waals surface area contributed by atoms with E-state index < -0.39 is 0 Å². The number of nitrogen functional groups attached to an aromatic ring is 1. The second kappa shape index (κ2) is 4.14. The zero-order valence-corrected chi connectivity index (χ0v) is 10.6. The van der Waals surface area contributed by atoms with Gasteiger partial charge in [-0.3, -0.25) is 0 Å². The van der Waals surface area contributed by atoms with Crippen LogP contribution in [0.5, 0.6) is 0 Å². The first kappa shape index (κ1) is 10.8. The van der Waals surface area contributed by atoms with E-state index in [4.69, 9.17) is 5.73 Å². The van der Waals surface area contributed by atoms with Crippen LogP contribution in [0.1, 0.15) is 26.2 Å². The maximum Gasteiger partial charge on any atom is 0.223 e. The fourth-order valence-corrected chi connectivity index (χ4v) is 3.28. The molecule has 2 unspecified atom stereocenters. The van der Waals surface area contributed by atoms with Gasteiger partial charge in [-0.1, -0.05) is 6.92 Å². The molecule has 1 aliphatic rings. The van der Waals surface area contributed by atoms with Gasteiger partial charge in [0.1, 0.15) is 10.6 Å². The standard InChI is InChI=1S/C12H16N4S/c1-7-2-3-8(6-7)14-10-9-4-5-17-11(9)16-12(13)15-10/h4-5,7-8H,2-3,6H2,1H3,(H3,13,14,15,16). The van der Waals surface area contributed by atoms with Crippen LogP contribution in [0.3, 0.4) is 0 Å². The lowest BCUT2D eigenvalue weighted by Gasteiger charge is -2.14. The number of hydrogen-bond acceptors (Lipinski definition) is 5. The van der Waals surface area contributed by atoms with Gasteiger partial charge in [0.2, 0.25) is 5.95 Å². The second-order valence-corrected chi connectivity index (χ2v) is 5.72. The maximum absolute atomic E-state index is 5.73. The van der Waals surface area contributed by atoms with E-state index in [1.807, 2.05) is 5.38 Å². The lowest BCUT2D eigenvalue weighted by Crippen LogP contribution is -2.17. The molecular weight excluding hydrogens is 232 g/mol. The zero-order chi connectivity index (χ0) is 11.8. The van der Waals surface area contributed by atoms with E-state index >= 15 is 0 Å². The number of nitrogens with one attached hydrogen (secondary N) is 1. The van der Waals surface area contributed by atoms with Crippen molar-refractivity contribution in [2.24, 2.45) is 5.92 Å². The summed E-state index contributed by atoms with van der Waals surface area (Å²) in [5, 5.41) is 6.63. The van der Waals surface area contributed by atoms with E-state index in [9.17, 15) is 0 Å². The summed E-state index contributed by atoms with van der Waals surface area (Å²) in [5.41, 5.74) is 5.73. The number of nitrogens with zero attached hydrogens (tertiary/aromatic N) is 2. The molecule has 0 bridgehead atoms. The molecule has 2 heterocycles. The van der Waals surface area contributed by atoms with Crippen molar-refractivity contribution in [2.75, 3.05) is 11.1 Å². The Hall–Kier alpha value is -1.36. The fraction of sp³-hybridized carbons (Fsp3) is 0.500. The summed E-state index contributed by atoms with van der Waals surface area (Å²) < 4.78 is 0. The topological polar surface area (TPSA) is 63.8 Å². The van der Waals surface area contributed by atoms with Crippen LogP contribution in [-0.4, -0.2) is 16.0 Å². The van der Waals surface area contributed by atoms with Gasteiger partial charge < -0.3 is 11.1 Å². The predicted molar refractivity (Wildman–Crippen MR) is 72.3 cm³/mol. The van der Waals surface area contributed by atoms with E-state index in [2.05, 4.69) is 28.3 Å². The molecule has 0 saturated heterocycles. The highest BCUT2D eigenvalue weighted by atomic mass is 32.1. The van der Waals surface area contributed by atoms with Crippen molar-refractivity contribution in [1.82, 2.24) is 9.97 Å². The van der Waals surface area contributed by atoms with Gasteiger partial charge in [-0.25, -0.2) is 4.98 Å². The molecule has 1 fully saturated rings. The van der Waals surface area contributed by atoms with Gasteiger partial charge in [0.15, 0.2) is 0 Å². The molecule has 0 radical (unpaired) electrons. The number of nitrogens with two attached hydrogens (primary N) is 1. The predicted octanol–water partition coefficient (Wildman–Crippen LogP) is 2.87. The smallest absolute Gasteiger partial charge is 0.223 e. The minimum absolute atomic E-state index is 0.355. The fourth-order valence-electron chi connectivity index (χ4n) is 2.51. The Labute approximate surface area is 104 Å². The summed E-state index contributed by atoms with van der Waals surface area (Å²) in [6.45, 7) is 2.30. The Morgan fingerprint density at radius 3 is 3.06 bits per heavy atom. The van der Waals surface area contributed by atoms with Crippen molar-refractivity contribution < 1.29 is 0 Å². The van der Waals surface area contributed by atoms with Crippen LogP contribution in [-0.2, 0) is 0 Å². The zero-order valence-electron chi connectivity index (χ0n) is 9.81. The van der Waals surface area contributed by atoms with Crippen molar-refractivity contribution in [3.05, 3.63) is 11.4 Å². The van der Waals surface area contributed by atoms with Gasteiger partial charge in [0.25, 0.3) is 0 Å². The van der Waals surface area contributed by atoms with E-state index in [1.54, 1.807) is 11.3 Å². The largest absolute Gasteiger partial charge is 0.368 e. The van der Waals surface area contributed by atoms with Crippen molar-refractivity contribution in [3.8, 4) is 0 Å². The van der Waals surface area contributed by atoms with Crippen LogP contribution in [0, 0.1) is 5.92 Å². The molecule has 2 atom stereocenters. The average Bonchev–Trinajstić information content (AvgIpc) is 2.87. The molecule has 3 N–H and O–H groups in total. The summed E-state index contributed by atoms with van der Waals surface area (Å²) in [5.74, 6) is 2.06. The summed E-state index contributed by atoms with van der Waals surface area (Å²) in [7, 11) is 0. The highest BCUT2D eigenvalue weighted by Gasteiger charge is 2.22. The summed E-state index contributed by atoms with van der Waals surface area (Å²) in [4.78, 5) is 9.52. The summed E-state index contributed by atoms with van der Waals surface area (Å²) in [6, 6.07) is 2.59. The molecule has 3 rings (SSSR count). The summed E-state index contributed by atoms with van der Waals surface area (Å²) in [6.07, 6.45) is 3.73. The van der Waals surface area contributed by atoms with Crippen LogP contribution in [0.2, 0.25) is 0 Å². The van der Waals surface area contributed by atoms with E-state index in [1.165, 1.54) is 19.3 Å². The minimum atomic E-state index is 0.355. The van der Waals surface area contributed by atoms with Crippen LogP contribution in [0.15, 0.2) is 11.4 Å². The molecule has 0 spiro atoms. The van der Waals surface area contributed by atoms with E-state index in [0.717, 1.165) is 22.0 Å². The SMILES string of the molecule is CC1CCC(Nc2nc(N)nc3sccc23)C1. The van der Waals surface area contributed by atoms with Gasteiger partial charge in [0, 0.05) is 6.04 Å². The molecule has 4 nitrogen and oxygen atoms in total. The second-order valence-electron chi connectivity index (χ2n) is 4.83. The Kier molecular flexibility index (Phi) is 2.63. The first-order valence-electron chi connectivity index (χ1n) is 5.99. The highest BCUT2D eigenvalue weighted by Crippen LogP contribution is 2.31. The quantitative estimate of drug-likeness (QED) is 0.857. The van der Waals surface area contributed by atoms with E-state index in [-0.39, 0.29) is 0 Å². The lowest BCUT2D eigenvalue weighted by atomic mass is 10.1. The third-order valence-electron chi connectivity index (χ3n) is 3.38. The molecule has 2 aromatic rings. The van der Waals surface area contributed by atoms with Gasteiger partial charge in [0.05, 0.1) is 5.39 Å². The molecule has 0 aliphatic heterocycles. The third kappa shape index (κ3) is 2.07. The number of hydrogen-bond donors (Lipinski definition) is 2. The number of anilines is 2. The Morgan fingerprint density at radius 2 is 2.29 bits per heavy atom. The number of thiophene rings is 1. The Balaban J connectivity index is 1.91. The minimum Gasteiger partial charge on any atom is -0.368 e. The molecule has 90 valence electrons. The number of aromatic nitrogens is 2. The highest BCUT2D eigenvalue weighted by molar-refractivity contribution is 7.16. The molecule has 2 aromatic heterocycles. The van der Waals surface area contributed by atoms with Crippen molar-refractivity contribution in [3.63, 3.8) is 0 Å². The molecule has 1 aliphatic carbocycles. The van der Waals surface area contributed by atoms with Crippen molar-refractivity contribution >= 4 is 33.3 Å². The van der Waals surface area contributed by atoms with Gasteiger partial charge >= 0.3 is 0 Å². The Morgan fingerprint density at radius 1 is 1.41 bits per heavy atom. The summed E-state index contributed by atoms with van der Waals surface area (Å²) >= 11 is 1.60. The van der Waals surface area contributed by atoms with Gasteiger partial charge in [-0.05, 0) is 36.6 Å². The van der Waals surface area contributed by atoms with Crippen LogP contribution in [0.4, 0.5) is 11.8 Å². The molecule has 17 heavy (non-hydrogen) atoms. The van der Waals surface area contributed by atoms with Crippen LogP contribution >= 0.6 is 11.3 Å². The number of fused-ring (bicyclic) bond motifs is 1. The molecular formula is C12H16N4S. The maximum atomic E-state index is 5.73. The third-order valence-corrected chi connectivity index (χ3v) is 4.18. The molecule has 0 aromatic carbocycles. The normalized spacial score (nSPS) is 24.3. The monoisotopic (exact) mass is 248 g/mol. The molecule has 0 amide bonds. The van der Waals surface area contributed by atoms with Crippen molar-refractivity contribution in [1.29, 1.82) is 0 Å². The number of rotatable bonds is 2. The Bertz CT molecular complexity index is 536. The van der Waals surface area contributed by atoms with Crippen LogP contribution < -0.4 is 11.1 Å². The van der Waals surface area contributed by atoms with E-state index in [0.29, 0.717) is 12.0 Å². The lowest BCUT2D eigenvalue weighted by molar-refractivity contribution is 0.602. The molecule has 1 saturated carbocycles. The first-order valence-corrected chi connectivity index (χ1v) is 6.87. The first-order chi connectivity index (χ1) is 8.22. The van der Waals surface area contributed by atoms with Gasteiger partial charge in [-0.15, -0.1) is 11.3 Å². The molecule has 5 heteroatoms. The van der Waals surface area contributed by atoms with Crippen LogP contribution in [0.25, 0.3) is 10.2 Å². The van der Waals surface area contributed by atoms with Gasteiger partial charge in [-0.2, -0.15) is 4.98 Å². The average molecular weight is 248 g/mol.